The van der Waals surface area contributed by atoms with Crippen LogP contribution in [-0.4, -0.2) is 62.4 Å². The highest BCUT2D eigenvalue weighted by atomic mass is 16.5. The Hall–Kier alpha value is -1.79. The van der Waals surface area contributed by atoms with Gasteiger partial charge in [0.25, 0.3) is 0 Å². The molecule has 24 heavy (non-hydrogen) atoms. The Labute approximate surface area is 143 Å². The molecular weight excluding hydrogens is 304 g/mol. The average molecular weight is 330 g/mol. The number of carbonyl (C=O) groups is 1. The van der Waals surface area contributed by atoms with E-state index in [4.69, 9.17) is 4.74 Å². The molecule has 2 atom stereocenters. The van der Waals surface area contributed by atoms with Gasteiger partial charge in [-0.1, -0.05) is 12.1 Å². The van der Waals surface area contributed by atoms with E-state index in [1.807, 2.05) is 4.90 Å². The van der Waals surface area contributed by atoms with Crippen molar-refractivity contribution in [3.8, 4) is 0 Å². The van der Waals surface area contributed by atoms with Gasteiger partial charge in [-0.25, -0.2) is 4.79 Å². The third-order valence-electron chi connectivity index (χ3n) is 5.34. The van der Waals surface area contributed by atoms with Crippen LogP contribution in [0, 0.1) is 0 Å². The molecule has 6 nitrogen and oxygen atoms in total. The minimum atomic E-state index is 0.0722. The number of nitrogens with one attached hydrogen (secondary N) is 2. The van der Waals surface area contributed by atoms with Crippen molar-refractivity contribution in [3.05, 3.63) is 29.8 Å². The molecular formula is C18H26N4O2. The van der Waals surface area contributed by atoms with Crippen LogP contribution in [0.1, 0.15) is 18.4 Å². The highest BCUT2D eigenvalue weighted by Crippen LogP contribution is 2.22. The Morgan fingerprint density at radius 2 is 2.17 bits per heavy atom. The molecule has 0 aromatic heterocycles. The van der Waals surface area contributed by atoms with E-state index >= 15 is 0 Å². The standard InChI is InChI=1S/C18H26N4O2/c23-18(22-13-15-4-5-17(22)12-19-15)20-11-14-2-1-3-16(10-14)21-6-8-24-9-7-21/h1-3,10,15,17,19H,4-9,11-13H2,(H,20,23). The summed E-state index contributed by atoms with van der Waals surface area (Å²) < 4.78 is 5.41. The molecule has 0 radical (unpaired) electrons. The lowest BCUT2D eigenvalue weighted by Gasteiger charge is -2.45. The SMILES string of the molecule is O=C(NCc1cccc(N2CCOCC2)c1)N1CC2CCC1CN2. The summed E-state index contributed by atoms with van der Waals surface area (Å²) in [5.41, 5.74) is 2.36. The number of amides is 2. The van der Waals surface area contributed by atoms with E-state index in [1.165, 1.54) is 12.1 Å². The van der Waals surface area contributed by atoms with Crippen molar-refractivity contribution >= 4 is 11.7 Å². The third-order valence-corrected chi connectivity index (χ3v) is 5.34. The molecule has 0 spiro atoms. The number of ether oxygens (including phenoxy) is 1. The van der Waals surface area contributed by atoms with Gasteiger partial charge in [0, 0.05) is 50.5 Å². The number of nitrogens with zero attached hydrogens (tertiary/aromatic N) is 2. The zero-order chi connectivity index (χ0) is 16.4. The number of urea groups is 1. The first-order valence-corrected chi connectivity index (χ1v) is 8.99. The second kappa shape index (κ2) is 6.99. The molecule has 130 valence electrons. The first-order chi connectivity index (χ1) is 11.8. The van der Waals surface area contributed by atoms with Gasteiger partial charge in [0.1, 0.15) is 0 Å². The summed E-state index contributed by atoms with van der Waals surface area (Å²) >= 11 is 0. The van der Waals surface area contributed by atoms with E-state index in [1.54, 1.807) is 0 Å². The van der Waals surface area contributed by atoms with Crippen LogP contribution in [0.3, 0.4) is 0 Å². The van der Waals surface area contributed by atoms with Gasteiger partial charge in [0.2, 0.25) is 0 Å². The van der Waals surface area contributed by atoms with E-state index in [2.05, 4.69) is 39.8 Å². The zero-order valence-electron chi connectivity index (χ0n) is 14.0. The van der Waals surface area contributed by atoms with Gasteiger partial charge in [-0.3, -0.25) is 0 Å². The number of piperazine rings is 1. The predicted octanol–water partition coefficient (Wildman–Crippen LogP) is 1.17. The Morgan fingerprint density at radius 3 is 2.88 bits per heavy atom. The molecule has 0 saturated carbocycles. The normalized spacial score (nSPS) is 26.5. The summed E-state index contributed by atoms with van der Waals surface area (Å²) in [5, 5.41) is 6.58. The fourth-order valence-corrected chi connectivity index (χ4v) is 3.92. The van der Waals surface area contributed by atoms with Crippen LogP contribution in [0.4, 0.5) is 10.5 Å². The second-order valence-electron chi connectivity index (χ2n) is 6.92. The summed E-state index contributed by atoms with van der Waals surface area (Å²) in [4.78, 5) is 16.9. The number of piperidine rings is 2. The minimum absolute atomic E-state index is 0.0722. The molecule has 2 N–H and O–H groups in total. The van der Waals surface area contributed by atoms with Crippen molar-refractivity contribution in [1.82, 2.24) is 15.5 Å². The van der Waals surface area contributed by atoms with E-state index in [0.717, 1.165) is 51.4 Å². The summed E-state index contributed by atoms with van der Waals surface area (Å²) in [5.74, 6) is 0. The highest BCUT2D eigenvalue weighted by Gasteiger charge is 2.35. The molecule has 4 aliphatic heterocycles. The molecule has 1 aromatic rings. The highest BCUT2D eigenvalue weighted by molar-refractivity contribution is 5.75. The van der Waals surface area contributed by atoms with Crippen molar-refractivity contribution in [1.29, 1.82) is 0 Å². The van der Waals surface area contributed by atoms with Crippen LogP contribution in [0.5, 0.6) is 0 Å². The van der Waals surface area contributed by atoms with Gasteiger partial charge in [0.15, 0.2) is 0 Å². The number of anilines is 1. The molecule has 4 aliphatic rings. The average Bonchev–Trinajstić information content (AvgIpc) is 2.68. The maximum atomic E-state index is 12.5. The lowest BCUT2D eigenvalue weighted by Crippen LogP contribution is -2.63. The first-order valence-electron chi connectivity index (χ1n) is 8.99. The van der Waals surface area contributed by atoms with Crippen molar-refractivity contribution in [2.24, 2.45) is 0 Å². The molecule has 4 heterocycles. The Bertz CT molecular complexity index is 580. The maximum absolute atomic E-state index is 12.5. The Morgan fingerprint density at radius 1 is 1.29 bits per heavy atom. The Balaban J connectivity index is 1.34. The fraction of sp³-hybridized carbons (Fsp3) is 0.611. The largest absolute Gasteiger partial charge is 0.378 e. The molecule has 4 fully saturated rings. The van der Waals surface area contributed by atoms with E-state index in [-0.39, 0.29) is 6.03 Å². The molecule has 4 saturated heterocycles. The minimum Gasteiger partial charge on any atom is -0.378 e. The Kier molecular flexibility index (Phi) is 4.58. The molecule has 0 aliphatic carbocycles. The quantitative estimate of drug-likeness (QED) is 0.873. The first kappa shape index (κ1) is 15.7. The van der Waals surface area contributed by atoms with Crippen LogP contribution < -0.4 is 15.5 Å². The number of rotatable bonds is 3. The van der Waals surface area contributed by atoms with Gasteiger partial charge in [-0.15, -0.1) is 0 Å². The number of fused-ring (bicyclic) bond motifs is 3. The van der Waals surface area contributed by atoms with Crippen molar-refractivity contribution in [2.45, 2.75) is 31.5 Å². The van der Waals surface area contributed by atoms with Crippen molar-refractivity contribution in [3.63, 3.8) is 0 Å². The fourth-order valence-electron chi connectivity index (χ4n) is 3.92. The lowest BCUT2D eigenvalue weighted by atomic mass is 9.93. The number of carbonyl (C=O) groups excluding carboxylic acids is 1. The number of hydrogen-bond acceptors (Lipinski definition) is 4. The summed E-state index contributed by atoms with van der Waals surface area (Å²) in [7, 11) is 0. The second-order valence-corrected chi connectivity index (χ2v) is 6.92. The number of morpholine rings is 1. The third kappa shape index (κ3) is 3.35. The van der Waals surface area contributed by atoms with Gasteiger partial charge in [-0.05, 0) is 30.5 Å². The monoisotopic (exact) mass is 330 g/mol. The van der Waals surface area contributed by atoms with Crippen LogP contribution in [0.15, 0.2) is 24.3 Å². The molecule has 2 bridgehead atoms. The lowest BCUT2D eigenvalue weighted by molar-refractivity contribution is 0.0976. The summed E-state index contributed by atoms with van der Waals surface area (Å²) in [6.07, 6.45) is 2.31. The topological polar surface area (TPSA) is 56.8 Å². The van der Waals surface area contributed by atoms with E-state index in [9.17, 15) is 4.79 Å². The van der Waals surface area contributed by atoms with Crippen molar-refractivity contribution in [2.75, 3.05) is 44.3 Å². The maximum Gasteiger partial charge on any atom is 0.318 e. The molecule has 1 aromatic carbocycles. The smallest absolute Gasteiger partial charge is 0.318 e. The molecule has 2 amide bonds. The molecule has 2 unspecified atom stereocenters. The van der Waals surface area contributed by atoms with Gasteiger partial charge in [0.05, 0.1) is 13.2 Å². The van der Waals surface area contributed by atoms with Crippen LogP contribution in [0.25, 0.3) is 0 Å². The van der Waals surface area contributed by atoms with Crippen LogP contribution in [-0.2, 0) is 11.3 Å². The predicted molar refractivity (Wildman–Crippen MR) is 93.2 cm³/mol. The van der Waals surface area contributed by atoms with Gasteiger partial charge < -0.3 is 25.2 Å². The van der Waals surface area contributed by atoms with Crippen molar-refractivity contribution < 1.29 is 9.53 Å². The van der Waals surface area contributed by atoms with E-state index in [0.29, 0.717) is 18.6 Å². The number of hydrogen-bond donors (Lipinski definition) is 2. The molecule has 6 heteroatoms. The van der Waals surface area contributed by atoms with Gasteiger partial charge in [-0.2, -0.15) is 0 Å². The van der Waals surface area contributed by atoms with Crippen LogP contribution in [0.2, 0.25) is 0 Å². The van der Waals surface area contributed by atoms with Crippen LogP contribution >= 0.6 is 0 Å². The van der Waals surface area contributed by atoms with E-state index < -0.39 is 0 Å². The summed E-state index contributed by atoms with van der Waals surface area (Å²) in [6, 6.07) is 9.36. The summed E-state index contributed by atoms with van der Waals surface area (Å²) in [6.45, 7) is 5.78. The zero-order valence-corrected chi connectivity index (χ0v) is 14.0. The van der Waals surface area contributed by atoms with Gasteiger partial charge >= 0.3 is 6.03 Å². The number of benzene rings is 1. The molecule has 5 rings (SSSR count).